The van der Waals surface area contributed by atoms with Crippen molar-refractivity contribution >= 4 is 27.6 Å². The fraction of sp³-hybridized carbons (Fsp3) is 0.375. The largest absolute Gasteiger partial charge is 0.485 e. The van der Waals surface area contributed by atoms with Crippen LogP contribution in [0.5, 0.6) is 11.5 Å². The summed E-state index contributed by atoms with van der Waals surface area (Å²) in [4.78, 5) is 7.33. The first-order valence-electron chi connectivity index (χ1n) is 8.35. The molecule has 0 saturated heterocycles. The van der Waals surface area contributed by atoms with E-state index in [1.165, 1.54) is 12.1 Å². The van der Waals surface area contributed by atoms with E-state index in [1.807, 2.05) is 0 Å². The number of alkyl halides is 3. The van der Waals surface area contributed by atoms with Crippen molar-refractivity contribution in [3.05, 3.63) is 23.9 Å². The molecular formula is C16H17F3N4O5S. The molecule has 1 aliphatic rings. The van der Waals surface area contributed by atoms with Gasteiger partial charge in [0.05, 0.1) is 12.8 Å². The van der Waals surface area contributed by atoms with Crippen LogP contribution in [0.15, 0.2) is 23.2 Å². The van der Waals surface area contributed by atoms with Gasteiger partial charge in [-0.15, -0.1) is 0 Å². The summed E-state index contributed by atoms with van der Waals surface area (Å²) in [5.74, 6) is -0.542. The molecule has 0 aliphatic carbocycles. The molecule has 2 heterocycles. The summed E-state index contributed by atoms with van der Waals surface area (Å²) in [5, 5.41) is 5.28. The molecule has 1 aliphatic heterocycles. The maximum atomic E-state index is 13.1. The molecule has 0 unspecified atom stereocenters. The fourth-order valence-corrected chi connectivity index (χ4v) is 3.36. The van der Waals surface area contributed by atoms with Crippen LogP contribution in [0.4, 0.5) is 30.6 Å². The van der Waals surface area contributed by atoms with Gasteiger partial charge in [-0.3, -0.25) is 4.18 Å². The zero-order valence-electron chi connectivity index (χ0n) is 15.3. The molecule has 2 aromatic rings. The van der Waals surface area contributed by atoms with E-state index < -0.39 is 21.9 Å². The maximum Gasteiger partial charge on any atom is 0.421 e. The van der Waals surface area contributed by atoms with Crippen LogP contribution in [0.3, 0.4) is 0 Å². The van der Waals surface area contributed by atoms with E-state index in [9.17, 15) is 21.6 Å². The van der Waals surface area contributed by atoms with Crippen LogP contribution in [0.25, 0.3) is 0 Å². The van der Waals surface area contributed by atoms with Crippen molar-refractivity contribution in [2.24, 2.45) is 0 Å². The number of nitrogens with one attached hydrogen (secondary N) is 2. The van der Waals surface area contributed by atoms with Crippen LogP contribution in [-0.2, 0) is 20.5 Å². The average molecular weight is 434 g/mol. The summed E-state index contributed by atoms with van der Waals surface area (Å²) < 4.78 is 78.9. The highest BCUT2D eigenvalue weighted by molar-refractivity contribution is 7.86. The standard InChI is InChI=1S/C16H17F3N4O5S/c1-3-20-14-9(16(17,18)19)8-21-15(23-14)22-10-4-5-11(29(24,25)26-2)13-12(10)27-6-7-28-13/h4-5,8H,3,6-7H2,1-2H3,(H2,20,21,22,23). The number of nitrogens with zero attached hydrogens (tertiary/aromatic N) is 2. The van der Waals surface area contributed by atoms with Gasteiger partial charge in [0.15, 0.2) is 11.5 Å². The zero-order valence-corrected chi connectivity index (χ0v) is 16.1. The summed E-state index contributed by atoms with van der Waals surface area (Å²) in [6.07, 6.45) is -3.97. The number of benzene rings is 1. The van der Waals surface area contributed by atoms with E-state index in [4.69, 9.17) is 9.47 Å². The van der Waals surface area contributed by atoms with E-state index >= 15 is 0 Å². The number of aromatic nitrogens is 2. The SMILES string of the molecule is CCNc1nc(Nc2ccc(S(=O)(=O)OC)c3c2OCCO3)ncc1C(F)(F)F. The quantitative estimate of drug-likeness (QED) is 0.663. The van der Waals surface area contributed by atoms with E-state index in [0.717, 1.165) is 7.11 Å². The topological polar surface area (TPSA) is 112 Å². The molecule has 13 heteroatoms. The van der Waals surface area contributed by atoms with Crippen molar-refractivity contribution in [3.63, 3.8) is 0 Å². The van der Waals surface area contributed by atoms with Crippen LogP contribution in [0.2, 0.25) is 0 Å². The number of hydrogen-bond donors (Lipinski definition) is 2. The van der Waals surface area contributed by atoms with Gasteiger partial charge in [0.25, 0.3) is 0 Å². The van der Waals surface area contributed by atoms with Crippen molar-refractivity contribution < 1.29 is 35.2 Å². The third kappa shape index (κ3) is 4.29. The highest BCUT2D eigenvalue weighted by Crippen LogP contribution is 2.44. The van der Waals surface area contributed by atoms with Crippen molar-refractivity contribution in [2.75, 3.05) is 37.5 Å². The minimum absolute atomic E-state index is 0.0582. The Balaban J connectivity index is 2.02. The predicted molar refractivity (Wildman–Crippen MR) is 96.1 cm³/mol. The van der Waals surface area contributed by atoms with Crippen molar-refractivity contribution in [1.82, 2.24) is 9.97 Å². The molecule has 9 nitrogen and oxygen atoms in total. The first-order chi connectivity index (χ1) is 13.7. The Morgan fingerprint density at radius 3 is 2.52 bits per heavy atom. The molecule has 158 valence electrons. The summed E-state index contributed by atoms with van der Waals surface area (Å²) in [6, 6.07) is 2.58. The van der Waals surface area contributed by atoms with Gasteiger partial charge in [0.2, 0.25) is 5.95 Å². The lowest BCUT2D eigenvalue weighted by Crippen LogP contribution is -2.19. The molecule has 0 bridgehead atoms. The highest BCUT2D eigenvalue weighted by Gasteiger charge is 2.35. The molecular weight excluding hydrogens is 417 g/mol. The minimum atomic E-state index is -4.62. The van der Waals surface area contributed by atoms with Gasteiger partial charge >= 0.3 is 16.3 Å². The molecule has 0 radical (unpaired) electrons. The Hall–Kier alpha value is -2.80. The Kier molecular flexibility index (Phi) is 5.71. The van der Waals surface area contributed by atoms with Gasteiger partial charge in [-0.05, 0) is 19.1 Å². The molecule has 29 heavy (non-hydrogen) atoms. The number of hydrogen-bond acceptors (Lipinski definition) is 9. The van der Waals surface area contributed by atoms with Crippen molar-refractivity contribution in [3.8, 4) is 11.5 Å². The van der Waals surface area contributed by atoms with Gasteiger partial charge in [-0.25, -0.2) is 4.98 Å². The van der Waals surface area contributed by atoms with Gasteiger partial charge in [-0.2, -0.15) is 26.6 Å². The second-order valence-electron chi connectivity index (χ2n) is 5.70. The lowest BCUT2D eigenvalue weighted by Gasteiger charge is -2.23. The van der Waals surface area contributed by atoms with E-state index in [2.05, 4.69) is 24.8 Å². The maximum absolute atomic E-state index is 13.1. The fourth-order valence-electron chi connectivity index (χ4n) is 2.57. The van der Waals surface area contributed by atoms with Crippen LogP contribution in [0, 0.1) is 0 Å². The highest BCUT2D eigenvalue weighted by atomic mass is 32.2. The molecule has 0 fully saturated rings. The predicted octanol–water partition coefficient (Wildman–Crippen LogP) is 2.78. The molecule has 0 atom stereocenters. The van der Waals surface area contributed by atoms with Crippen LogP contribution >= 0.6 is 0 Å². The number of anilines is 3. The van der Waals surface area contributed by atoms with Crippen LogP contribution in [0.1, 0.15) is 12.5 Å². The van der Waals surface area contributed by atoms with Gasteiger partial charge in [0.1, 0.15) is 29.5 Å². The third-order valence-electron chi connectivity index (χ3n) is 3.83. The number of halogens is 3. The third-order valence-corrected chi connectivity index (χ3v) is 5.12. The van der Waals surface area contributed by atoms with Crippen molar-refractivity contribution in [2.45, 2.75) is 18.0 Å². The average Bonchev–Trinajstić information content (AvgIpc) is 2.67. The second-order valence-corrected chi connectivity index (χ2v) is 7.38. The second kappa shape index (κ2) is 7.91. The van der Waals surface area contributed by atoms with E-state index in [0.29, 0.717) is 6.20 Å². The number of rotatable bonds is 6. The number of fused-ring (bicyclic) bond motifs is 1. The molecule has 0 spiro atoms. The molecule has 1 aromatic carbocycles. The summed E-state index contributed by atoms with van der Waals surface area (Å²) in [7, 11) is -3.05. The lowest BCUT2D eigenvalue weighted by atomic mass is 10.2. The summed E-state index contributed by atoms with van der Waals surface area (Å²) >= 11 is 0. The Bertz CT molecular complexity index is 1010. The van der Waals surface area contributed by atoms with Gasteiger partial charge in [0, 0.05) is 12.7 Å². The normalized spacial score (nSPS) is 13.8. The van der Waals surface area contributed by atoms with E-state index in [1.54, 1.807) is 6.92 Å². The summed E-state index contributed by atoms with van der Waals surface area (Å²) in [6.45, 7) is 2.11. The number of ether oxygens (including phenoxy) is 2. The lowest BCUT2D eigenvalue weighted by molar-refractivity contribution is -0.137. The molecule has 3 rings (SSSR count). The van der Waals surface area contributed by atoms with Crippen molar-refractivity contribution in [1.29, 1.82) is 0 Å². The first-order valence-corrected chi connectivity index (χ1v) is 9.76. The summed E-state index contributed by atoms with van der Waals surface area (Å²) in [5.41, 5.74) is -0.787. The van der Waals surface area contributed by atoms with Gasteiger partial charge in [-0.1, -0.05) is 0 Å². The Labute approximate surface area is 164 Å². The van der Waals surface area contributed by atoms with Crippen LogP contribution in [-0.4, -0.2) is 45.3 Å². The zero-order chi connectivity index (χ0) is 21.2. The molecule has 0 amide bonds. The molecule has 1 aromatic heterocycles. The van der Waals surface area contributed by atoms with E-state index in [-0.39, 0.29) is 53.6 Å². The Morgan fingerprint density at radius 2 is 1.90 bits per heavy atom. The monoisotopic (exact) mass is 434 g/mol. The smallest absolute Gasteiger partial charge is 0.421 e. The van der Waals surface area contributed by atoms with Gasteiger partial charge < -0.3 is 20.1 Å². The molecule has 0 saturated carbocycles. The first kappa shape index (κ1) is 20.9. The minimum Gasteiger partial charge on any atom is -0.485 e. The Morgan fingerprint density at radius 1 is 1.21 bits per heavy atom. The van der Waals surface area contributed by atoms with Crippen LogP contribution < -0.4 is 20.1 Å². The molecule has 2 N–H and O–H groups in total.